The number of benzene rings is 1. The predicted molar refractivity (Wildman–Crippen MR) is 79.5 cm³/mol. The molecule has 0 aliphatic heterocycles. The van der Waals surface area contributed by atoms with E-state index in [1.54, 1.807) is 0 Å². The summed E-state index contributed by atoms with van der Waals surface area (Å²) in [6.07, 6.45) is 4.01. The molecule has 0 spiro atoms. The van der Waals surface area contributed by atoms with Crippen molar-refractivity contribution >= 4 is 21.9 Å². The van der Waals surface area contributed by atoms with Crippen molar-refractivity contribution in [3.05, 3.63) is 33.8 Å². The van der Waals surface area contributed by atoms with E-state index >= 15 is 0 Å². The summed E-state index contributed by atoms with van der Waals surface area (Å²) in [6, 6.07) is 6.22. The van der Waals surface area contributed by atoms with Crippen molar-refractivity contribution in [2.75, 3.05) is 6.54 Å². The van der Waals surface area contributed by atoms with E-state index in [1.165, 1.54) is 30.4 Å². The molecule has 0 aromatic heterocycles. The van der Waals surface area contributed by atoms with Crippen molar-refractivity contribution in [1.82, 2.24) is 5.32 Å². The van der Waals surface area contributed by atoms with Crippen molar-refractivity contribution < 1.29 is 0 Å². The maximum Gasteiger partial charge on any atom is 0.188 e. The second-order valence-corrected chi connectivity index (χ2v) is 5.87. The van der Waals surface area contributed by atoms with Crippen molar-refractivity contribution in [2.24, 2.45) is 16.6 Å². The standard InChI is InChI=1S/C14H20BrN3/c1-10-7-13(15)6-5-12(10)9-18-14(16)17-8-11-3-2-4-11/h5-7,11H,2-4,8-9H2,1H3,(H3,16,17,18). The van der Waals surface area contributed by atoms with Gasteiger partial charge in [0.2, 0.25) is 0 Å². The smallest absolute Gasteiger partial charge is 0.188 e. The lowest BCUT2D eigenvalue weighted by molar-refractivity contribution is 0.315. The van der Waals surface area contributed by atoms with Crippen LogP contribution < -0.4 is 11.1 Å². The number of guanidine groups is 1. The van der Waals surface area contributed by atoms with Gasteiger partial charge in [-0.05, 0) is 48.9 Å². The van der Waals surface area contributed by atoms with Crippen molar-refractivity contribution in [2.45, 2.75) is 32.7 Å². The molecule has 18 heavy (non-hydrogen) atoms. The van der Waals surface area contributed by atoms with Gasteiger partial charge in [-0.2, -0.15) is 0 Å². The summed E-state index contributed by atoms with van der Waals surface area (Å²) < 4.78 is 1.10. The van der Waals surface area contributed by atoms with Gasteiger partial charge in [-0.15, -0.1) is 0 Å². The van der Waals surface area contributed by atoms with Crippen LogP contribution in [0.2, 0.25) is 0 Å². The molecule has 1 fully saturated rings. The highest BCUT2D eigenvalue weighted by Crippen LogP contribution is 2.25. The Morgan fingerprint density at radius 3 is 2.89 bits per heavy atom. The Hall–Kier alpha value is -1.03. The van der Waals surface area contributed by atoms with Gasteiger partial charge in [0.15, 0.2) is 5.96 Å². The number of nitrogens with two attached hydrogens (primary N) is 1. The first-order chi connectivity index (χ1) is 8.65. The molecule has 3 nitrogen and oxygen atoms in total. The van der Waals surface area contributed by atoms with Gasteiger partial charge in [-0.3, -0.25) is 0 Å². The molecule has 1 aliphatic rings. The fourth-order valence-corrected chi connectivity index (χ4v) is 2.48. The first kappa shape index (κ1) is 13.4. The molecule has 98 valence electrons. The van der Waals surface area contributed by atoms with Crippen LogP contribution in [0.3, 0.4) is 0 Å². The minimum atomic E-state index is 0.559. The van der Waals surface area contributed by atoms with Gasteiger partial charge < -0.3 is 11.1 Å². The molecule has 3 N–H and O–H groups in total. The molecule has 2 rings (SSSR count). The van der Waals surface area contributed by atoms with Gasteiger partial charge in [0.1, 0.15) is 0 Å². The summed E-state index contributed by atoms with van der Waals surface area (Å²) in [7, 11) is 0. The Balaban J connectivity index is 1.84. The van der Waals surface area contributed by atoms with E-state index < -0.39 is 0 Å². The monoisotopic (exact) mass is 309 g/mol. The highest BCUT2D eigenvalue weighted by Gasteiger charge is 2.16. The lowest BCUT2D eigenvalue weighted by atomic mass is 9.85. The van der Waals surface area contributed by atoms with Crippen LogP contribution in [-0.4, -0.2) is 12.5 Å². The predicted octanol–water partition coefficient (Wildman–Crippen LogP) is 2.96. The second-order valence-electron chi connectivity index (χ2n) is 4.95. The Morgan fingerprint density at radius 2 is 2.28 bits per heavy atom. The number of aryl methyl sites for hydroxylation is 1. The summed E-state index contributed by atoms with van der Waals surface area (Å²) in [4.78, 5) is 4.38. The van der Waals surface area contributed by atoms with Crippen LogP contribution in [-0.2, 0) is 6.54 Å². The number of rotatable bonds is 4. The molecular weight excluding hydrogens is 290 g/mol. The fourth-order valence-electron chi connectivity index (χ4n) is 2.01. The molecule has 0 bridgehead atoms. The number of aliphatic imine (C=N–C) groups is 1. The highest BCUT2D eigenvalue weighted by atomic mass is 79.9. The van der Waals surface area contributed by atoms with Gasteiger partial charge in [-0.25, -0.2) is 4.99 Å². The van der Waals surface area contributed by atoms with Crippen LogP contribution in [0.15, 0.2) is 27.7 Å². The minimum Gasteiger partial charge on any atom is -0.370 e. The van der Waals surface area contributed by atoms with Crippen LogP contribution in [0.4, 0.5) is 0 Å². The lowest BCUT2D eigenvalue weighted by Gasteiger charge is -2.25. The number of nitrogens with one attached hydrogen (secondary N) is 1. The van der Waals surface area contributed by atoms with E-state index in [1.807, 2.05) is 6.07 Å². The van der Waals surface area contributed by atoms with Crippen LogP contribution in [0.25, 0.3) is 0 Å². The van der Waals surface area contributed by atoms with Gasteiger partial charge in [0.25, 0.3) is 0 Å². The summed E-state index contributed by atoms with van der Waals surface area (Å²) in [5, 5.41) is 3.20. The van der Waals surface area contributed by atoms with Crippen molar-refractivity contribution in [3.8, 4) is 0 Å². The number of hydrogen-bond donors (Lipinski definition) is 2. The minimum absolute atomic E-state index is 0.559. The number of halogens is 1. The molecule has 0 amide bonds. The van der Waals surface area contributed by atoms with Gasteiger partial charge in [-0.1, -0.05) is 28.4 Å². The summed E-state index contributed by atoms with van der Waals surface area (Å²) >= 11 is 3.46. The van der Waals surface area contributed by atoms with Gasteiger partial charge in [0, 0.05) is 11.0 Å². The zero-order valence-corrected chi connectivity index (χ0v) is 12.3. The summed E-state index contributed by atoms with van der Waals surface area (Å²) in [6.45, 7) is 3.70. The zero-order valence-electron chi connectivity index (χ0n) is 10.7. The highest BCUT2D eigenvalue weighted by molar-refractivity contribution is 9.10. The third-order valence-electron chi connectivity index (χ3n) is 3.52. The van der Waals surface area contributed by atoms with E-state index in [0.717, 1.165) is 16.9 Å². The maximum atomic E-state index is 5.86. The van der Waals surface area contributed by atoms with Crippen LogP contribution in [0.5, 0.6) is 0 Å². The van der Waals surface area contributed by atoms with E-state index in [4.69, 9.17) is 5.73 Å². The van der Waals surface area contributed by atoms with E-state index in [9.17, 15) is 0 Å². The van der Waals surface area contributed by atoms with Crippen LogP contribution >= 0.6 is 15.9 Å². The summed E-state index contributed by atoms with van der Waals surface area (Å²) in [5.74, 6) is 1.36. The molecule has 0 radical (unpaired) electrons. The Morgan fingerprint density at radius 1 is 1.50 bits per heavy atom. The van der Waals surface area contributed by atoms with Crippen molar-refractivity contribution in [1.29, 1.82) is 0 Å². The molecule has 1 aliphatic carbocycles. The van der Waals surface area contributed by atoms with Gasteiger partial charge in [0.05, 0.1) is 6.54 Å². The zero-order chi connectivity index (χ0) is 13.0. The molecule has 0 unspecified atom stereocenters. The first-order valence-corrected chi connectivity index (χ1v) is 7.23. The molecule has 1 aromatic carbocycles. The Kier molecular flexibility index (Phi) is 4.64. The van der Waals surface area contributed by atoms with E-state index in [0.29, 0.717) is 12.5 Å². The number of hydrogen-bond acceptors (Lipinski definition) is 1. The Bertz CT molecular complexity index is 439. The fraction of sp³-hybridized carbons (Fsp3) is 0.500. The molecule has 0 heterocycles. The maximum absolute atomic E-state index is 5.86. The SMILES string of the molecule is Cc1cc(Br)ccc1CN=C(N)NCC1CCC1. The quantitative estimate of drug-likeness (QED) is 0.663. The van der Waals surface area contributed by atoms with Crippen LogP contribution in [0, 0.1) is 12.8 Å². The third kappa shape index (κ3) is 3.73. The normalized spacial score (nSPS) is 16.4. The topological polar surface area (TPSA) is 50.4 Å². The number of nitrogens with zero attached hydrogens (tertiary/aromatic N) is 1. The van der Waals surface area contributed by atoms with E-state index in [-0.39, 0.29) is 0 Å². The average Bonchev–Trinajstić information content (AvgIpc) is 2.25. The lowest BCUT2D eigenvalue weighted by Crippen LogP contribution is -2.37. The van der Waals surface area contributed by atoms with Gasteiger partial charge >= 0.3 is 0 Å². The van der Waals surface area contributed by atoms with E-state index in [2.05, 4.69) is 45.3 Å². The Labute approximate surface area is 117 Å². The van der Waals surface area contributed by atoms with Crippen molar-refractivity contribution in [3.63, 3.8) is 0 Å². The van der Waals surface area contributed by atoms with Crippen LogP contribution in [0.1, 0.15) is 30.4 Å². The molecular formula is C14H20BrN3. The largest absolute Gasteiger partial charge is 0.370 e. The third-order valence-corrected chi connectivity index (χ3v) is 4.01. The second kappa shape index (κ2) is 6.23. The molecule has 0 saturated heterocycles. The average molecular weight is 310 g/mol. The molecule has 4 heteroatoms. The first-order valence-electron chi connectivity index (χ1n) is 6.44. The summed E-state index contributed by atoms with van der Waals surface area (Å²) in [5.41, 5.74) is 8.31. The molecule has 1 saturated carbocycles. The molecule has 1 aromatic rings. The molecule has 0 atom stereocenters.